The van der Waals surface area contributed by atoms with Gasteiger partial charge in [0, 0.05) is 36.1 Å². The highest BCUT2D eigenvalue weighted by Crippen LogP contribution is 2.25. The standard InChI is InChI=1S/C13H14BrN3O2S/c1-17(9-10-3-2-6-16-8-10)20(18,19)11-4-5-13(15)12(14)7-11/h2-8H,9,15H2,1H3. The summed E-state index contributed by atoms with van der Waals surface area (Å²) in [4.78, 5) is 4.17. The van der Waals surface area contributed by atoms with Crippen molar-refractivity contribution < 1.29 is 8.42 Å². The van der Waals surface area contributed by atoms with Crippen LogP contribution in [0.15, 0.2) is 52.1 Å². The normalized spacial score (nSPS) is 11.8. The number of rotatable bonds is 4. The molecule has 0 atom stereocenters. The summed E-state index contributed by atoms with van der Waals surface area (Å²) in [5, 5.41) is 0. The number of nitrogen functional groups attached to an aromatic ring is 1. The van der Waals surface area contributed by atoms with Crippen molar-refractivity contribution in [2.24, 2.45) is 0 Å². The molecule has 2 aromatic rings. The topological polar surface area (TPSA) is 76.3 Å². The van der Waals surface area contributed by atoms with E-state index in [9.17, 15) is 8.42 Å². The van der Waals surface area contributed by atoms with Crippen molar-refractivity contribution in [3.8, 4) is 0 Å². The van der Waals surface area contributed by atoms with Gasteiger partial charge in [0.15, 0.2) is 0 Å². The zero-order valence-corrected chi connectivity index (χ0v) is 13.2. The van der Waals surface area contributed by atoms with Crippen molar-refractivity contribution in [1.29, 1.82) is 0 Å². The van der Waals surface area contributed by atoms with E-state index < -0.39 is 10.0 Å². The minimum Gasteiger partial charge on any atom is -0.398 e. The Morgan fingerprint density at radius 3 is 2.70 bits per heavy atom. The molecule has 7 heteroatoms. The number of benzene rings is 1. The van der Waals surface area contributed by atoms with Gasteiger partial charge in [-0.15, -0.1) is 0 Å². The first kappa shape index (κ1) is 15.0. The van der Waals surface area contributed by atoms with Crippen molar-refractivity contribution in [2.45, 2.75) is 11.4 Å². The molecule has 0 saturated heterocycles. The fourth-order valence-corrected chi connectivity index (χ4v) is 3.40. The zero-order valence-electron chi connectivity index (χ0n) is 10.8. The number of pyridine rings is 1. The average Bonchev–Trinajstić information content (AvgIpc) is 2.42. The van der Waals surface area contributed by atoms with E-state index in [2.05, 4.69) is 20.9 Å². The molecule has 1 aromatic heterocycles. The van der Waals surface area contributed by atoms with Crippen LogP contribution in [0, 0.1) is 0 Å². The first-order valence-electron chi connectivity index (χ1n) is 5.81. The molecule has 106 valence electrons. The van der Waals surface area contributed by atoms with E-state index in [1.54, 1.807) is 24.5 Å². The minimum atomic E-state index is -3.56. The summed E-state index contributed by atoms with van der Waals surface area (Å²) in [5.74, 6) is 0. The van der Waals surface area contributed by atoms with Crippen LogP contribution in [0.1, 0.15) is 5.56 Å². The predicted octanol–water partition coefficient (Wildman–Crippen LogP) is 2.25. The summed E-state index contributed by atoms with van der Waals surface area (Å²) in [7, 11) is -2.02. The summed E-state index contributed by atoms with van der Waals surface area (Å²) >= 11 is 3.24. The molecule has 2 rings (SSSR count). The van der Waals surface area contributed by atoms with E-state index in [0.717, 1.165) is 5.56 Å². The average molecular weight is 356 g/mol. The Hall–Kier alpha value is -1.44. The van der Waals surface area contributed by atoms with Crippen LogP contribution in [0.25, 0.3) is 0 Å². The lowest BCUT2D eigenvalue weighted by atomic mass is 10.3. The number of sulfonamides is 1. The molecule has 0 aliphatic rings. The molecule has 1 heterocycles. The number of hydrogen-bond donors (Lipinski definition) is 1. The zero-order chi connectivity index (χ0) is 14.8. The maximum atomic E-state index is 12.4. The van der Waals surface area contributed by atoms with Gasteiger partial charge in [-0.3, -0.25) is 4.98 Å². The highest BCUT2D eigenvalue weighted by atomic mass is 79.9. The van der Waals surface area contributed by atoms with E-state index in [4.69, 9.17) is 5.73 Å². The fraction of sp³-hybridized carbons (Fsp3) is 0.154. The van der Waals surface area contributed by atoms with Gasteiger partial charge in [-0.05, 0) is 45.8 Å². The number of hydrogen-bond acceptors (Lipinski definition) is 4. The van der Waals surface area contributed by atoms with Gasteiger partial charge in [0.25, 0.3) is 0 Å². The molecule has 1 aromatic carbocycles. The predicted molar refractivity (Wildman–Crippen MR) is 81.4 cm³/mol. The Kier molecular flexibility index (Phi) is 4.42. The van der Waals surface area contributed by atoms with Crippen LogP contribution in [-0.2, 0) is 16.6 Å². The van der Waals surface area contributed by atoms with E-state index in [0.29, 0.717) is 10.2 Å². The number of nitrogens with zero attached hydrogens (tertiary/aromatic N) is 2. The van der Waals surface area contributed by atoms with Crippen LogP contribution in [0.3, 0.4) is 0 Å². The summed E-state index contributed by atoms with van der Waals surface area (Å²) < 4.78 is 26.7. The largest absolute Gasteiger partial charge is 0.398 e. The molecular formula is C13H14BrN3O2S. The number of anilines is 1. The lowest BCUT2D eigenvalue weighted by Gasteiger charge is -2.17. The van der Waals surface area contributed by atoms with Gasteiger partial charge >= 0.3 is 0 Å². The third-order valence-electron chi connectivity index (χ3n) is 2.81. The molecule has 20 heavy (non-hydrogen) atoms. The van der Waals surface area contributed by atoms with Gasteiger partial charge in [0.1, 0.15) is 0 Å². The summed E-state index contributed by atoms with van der Waals surface area (Å²) in [6.45, 7) is 0.262. The molecule has 0 aliphatic heterocycles. The smallest absolute Gasteiger partial charge is 0.243 e. The molecule has 0 spiro atoms. The molecule has 0 radical (unpaired) electrons. The third kappa shape index (κ3) is 3.17. The molecule has 2 N–H and O–H groups in total. The van der Waals surface area contributed by atoms with Gasteiger partial charge in [-0.1, -0.05) is 6.07 Å². The highest BCUT2D eigenvalue weighted by Gasteiger charge is 2.21. The number of nitrogens with two attached hydrogens (primary N) is 1. The van der Waals surface area contributed by atoms with E-state index in [1.165, 1.54) is 23.5 Å². The Labute approximate surface area is 126 Å². The third-order valence-corrected chi connectivity index (χ3v) is 5.29. The molecular weight excluding hydrogens is 342 g/mol. The number of halogens is 1. The van der Waals surface area contributed by atoms with Crippen molar-refractivity contribution in [1.82, 2.24) is 9.29 Å². The Balaban J connectivity index is 2.27. The van der Waals surface area contributed by atoms with Crippen LogP contribution >= 0.6 is 15.9 Å². The maximum absolute atomic E-state index is 12.4. The van der Waals surface area contributed by atoms with Gasteiger partial charge in [-0.25, -0.2) is 8.42 Å². The summed E-state index contributed by atoms with van der Waals surface area (Å²) in [6, 6.07) is 8.17. The second kappa shape index (κ2) is 5.90. The maximum Gasteiger partial charge on any atom is 0.243 e. The Bertz CT molecular complexity index is 705. The second-order valence-electron chi connectivity index (χ2n) is 4.31. The van der Waals surface area contributed by atoms with E-state index in [1.807, 2.05) is 6.07 Å². The van der Waals surface area contributed by atoms with Crippen LogP contribution in [0.5, 0.6) is 0 Å². The first-order valence-corrected chi connectivity index (χ1v) is 8.05. The molecule has 0 aliphatic carbocycles. The van der Waals surface area contributed by atoms with E-state index >= 15 is 0 Å². The van der Waals surface area contributed by atoms with Crippen molar-refractivity contribution in [2.75, 3.05) is 12.8 Å². The molecule has 0 fully saturated rings. The van der Waals surface area contributed by atoms with Crippen LogP contribution in [-0.4, -0.2) is 24.8 Å². The van der Waals surface area contributed by atoms with Crippen LogP contribution < -0.4 is 5.73 Å². The van der Waals surface area contributed by atoms with Gasteiger partial charge < -0.3 is 5.73 Å². The minimum absolute atomic E-state index is 0.199. The summed E-state index contributed by atoms with van der Waals surface area (Å²) in [5.41, 5.74) is 6.99. The molecule has 0 amide bonds. The second-order valence-corrected chi connectivity index (χ2v) is 7.20. The molecule has 5 nitrogen and oxygen atoms in total. The fourth-order valence-electron chi connectivity index (χ4n) is 1.68. The molecule has 0 saturated carbocycles. The summed E-state index contributed by atoms with van der Waals surface area (Å²) in [6.07, 6.45) is 3.29. The number of aromatic nitrogens is 1. The van der Waals surface area contributed by atoms with Crippen molar-refractivity contribution in [3.05, 3.63) is 52.8 Å². The first-order chi connectivity index (χ1) is 9.41. The van der Waals surface area contributed by atoms with Crippen LogP contribution in [0.2, 0.25) is 0 Å². The molecule has 0 bridgehead atoms. The van der Waals surface area contributed by atoms with Gasteiger partial charge in [0.2, 0.25) is 10.0 Å². The van der Waals surface area contributed by atoms with Gasteiger partial charge in [0.05, 0.1) is 4.90 Å². The highest BCUT2D eigenvalue weighted by molar-refractivity contribution is 9.10. The molecule has 0 unspecified atom stereocenters. The quantitative estimate of drug-likeness (QED) is 0.853. The van der Waals surface area contributed by atoms with Crippen LogP contribution in [0.4, 0.5) is 5.69 Å². The van der Waals surface area contributed by atoms with Crippen molar-refractivity contribution in [3.63, 3.8) is 0 Å². The lowest BCUT2D eigenvalue weighted by molar-refractivity contribution is 0.466. The lowest BCUT2D eigenvalue weighted by Crippen LogP contribution is -2.26. The monoisotopic (exact) mass is 355 g/mol. The van der Waals surface area contributed by atoms with Gasteiger partial charge in [-0.2, -0.15) is 4.31 Å². The SMILES string of the molecule is CN(Cc1cccnc1)S(=O)(=O)c1ccc(N)c(Br)c1. The Morgan fingerprint density at radius 2 is 2.10 bits per heavy atom. The Morgan fingerprint density at radius 1 is 1.35 bits per heavy atom. The van der Waals surface area contributed by atoms with E-state index in [-0.39, 0.29) is 11.4 Å². The van der Waals surface area contributed by atoms with Crippen molar-refractivity contribution >= 4 is 31.6 Å².